The predicted octanol–water partition coefficient (Wildman–Crippen LogP) is 4.86. The number of hydrazone groups is 1. The molecule has 0 spiro atoms. The Balaban J connectivity index is 1.39. The van der Waals surface area contributed by atoms with Crippen LogP contribution in [-0.4, -0.2) is 85.1 Å². The lowest BCUT2D eigenvalue weighted by atomic mass is 10.1. The monoisotopic (exact) mass is 568 g/mol. The summed E-state index contributed by atoms with van der Waals surface area (Å²) in [7, 11) is 5.11. The minimum absolute atomic E-state index is 0.0465. The molecule has 2 aliphatic rings. The first-order valence-corrected chi connectivity index (χ1v) is 13.9. The van der Waals surface area contributed by atoms with Crippen LogP contribution in [0.15, 0.2) is 77.9 Å². The number of hydrogen-bond donors (Lipinski definition) is 2. The number of methoxy groups -OCH3 is 2. The van der Waals surface area contributed by atoms with Crippen molar-refractivity contribution in [2.75, 3.05) is 52.5 Å². The molecular formula is C33H36N4O5. The molecule has 3 aromatic rings. The molecule has 0 aromatic heterocycles. The van der Waals surface area contributed by atoms with Crippen molar-refractivity contribution < 1.29 is 24.5 Å². The highest BCUT2D eigenvalue weighted by Gasteiger charge is 2.26. The molecule has 0 bridgehead atoms. The zero-order valence-electron chi connectivity index (χ0n) is 24.1. The molecule has 3 aromatic carbocycles. The second-order valence-electron chi connectivity index (χ2n) is 10.4. The number of aromatic hydroxyl groups is 2. The number of carbonyl (C=O) groups excluding carboxylic acids is 1. The molecule has 1 saturated heterocycles. The second kappa shape index (κ2) is 12.8. The Kier molecular flexibility index (Phi) is 8.78. The number of phenolic OH excluding ortho intramolecular Hbond substituents is 2. The normalized spacial score (nSPS) is 17.7. The molecule has 0 saturated carbocycles. The van der Waals surface area contributed by atoms with Crippen LogP contribution in [0.1, 0.15) is 27.9 Å². The molecule has 42 heavy (non-hydrogen) atoms. The van der Waals surface area contributed by atoms with Gasteiger partial charge in [-0.15, -0.1) is 0 Å². The molecule has 1 atom stereocenters. The van der Waals surface area contributed by atoms with Gasteiger partial charge in [0, 0.05) is 38.2 Å². The third-order valence-corrected chi connectivity index (χ3v) is 7.52. The van der Waals surface area contributed by atoms with Crippen molar-refractivity contribution in [3.8, 4) is 23.0 Å². The van der Waals surface area contributed by atoms with E-state index < -0.39 is 0 Å². The minimum Gasteiger partial charge on any atom is -0.504 e. The molecule has 0 aliphatic carbocycles. The van der Waals surface area contributed by atoms with Crippen LogP contribution in [0.2, 0.25) is 0 Å². The fraction of sp³-hybridized carbons (Fsp3) is 0.273. The lowest BCUT2D eigenvalue weighted by Gasteiger charge is -2.32. The standard InChI is InChI=1S/C33H36N4O5/c1-35-16-18-36(19-17-35)33(40)25-8-12-27(13-9-25)37-28(11-5-24-7-15-30(39)32(21-24)42-3)22-26(34-37)10-4-23-6-14-29(38)31(20-23)41-2/h4-15,20-21,28,38-39H,16-19,22H2,1-3H3. The smallest absolute Gasteiger partial charge is 0.253 e. The van der Waals surface area contributed by atoms with Crippen LogP contribution in [0.5, 0.6) is 23.0 Å². The van der Waals surface area contributed by atoms with Gasteiger partial charge in [0.15, 0.2) is 23.0 Å². The quantitative estimate of drug-likeness (QED) is 0.400. The van der Waals surface area contributed by atoms with Gasteiger partial charge in [-0.05, 0) is 72.8 Å². The summed E-state index contributed by atoms with van der Waals surface area (Å²) in [5.74, 6) is 1.04. The molecule has 2 N–H and O–H groups in total. The molecular weight excluding hydrogens is 532 g/mol. The number of phenols is 2. The number of piperazine rings is 1. The molecule has 9 nitrogen and oxygen atoms in total. The Hall–Kier alpha value is -4.76. The lowest BCUT2D eigenvalue weighted by Crippen LogP contribution is -2.47. The Bertz CT molecular complexity index is 1510. The Morgan fingerprint density at radius 2 is 1.43 bits per heavy atom. The molecule has 9 heteroatoms. The first-order valence-electron chi connectivity index (χ1n) is 13.9. The summed E-state index contributed by atoms with van der Waals surface area (Å²) in [6, 6.07) is 17.9. The first kappa shape index (κ1) is 28.8. The number of carbonyl (C=O) groups is 1. The van der Waals surface area contributed by atoms with Gasteiger partial charge in [0.2, 0.25) is 0 Å². The van der Waals surface area contributed by atoms with Crippen molar-refractivity contribution >= 4 is 29.5 Å². The van der Waals surface area contributed by atoms with Crippen molar-refractivity contribution in [1.82, 2.24) is 9.80 Å². The fourth-order valence-electron chi connectivity index (χ4n) is 5.01. The van der Waals surface area contributed by atoms with Crippen LogP contribution in [0.3, 0.4) is 0 Å². The number of hydrogen-bond acceptors (Lipinski definition) is 8. The van der Waals surface area contributed by atoms with E-state index in [1.807, 2.05) is 64.5 Å². The molecule has 1 fully saturated rings. The van der Waals surface area contributed by atoms with E-state index in [-0.39, 0.29) is 23.4 Å². The average Bonchev–Trinajstić information content (AvgIpc) is 3.43. The largest absolute Gasteiger partial charge is 0.504 e. The summed E-state index contributed by atoms with van der Waals surface area (Å²) in [6.07, 6.45) is 8.61. The SMILES string of the molecule is COc1cc(C=CC2=NN(c3ccc(C(=O)N4CCN(C)CC4)cc3)C(C=Cc3ccc(O)c(OC)c3)C2)ccc1O. The zero-order valence-corrected chi connectivity index (χ0v) is 24.1. The van der Waals surface area contributed by atoms with E-state index in [9.17, 15) is 15.0 Å². The van der Waals surface area contributed by atoms with Crippen LogP contribution in [-0.2, 0) is 0 Å². The summed E-state index contributed by atoms with van der Waals surface area (Å²) in [5, 5.41) is 26.7. The highest BCUT2D eigenvalue weighted by molar-refractivity contribution is 6.01. The van der Waals surface area contributed by atoms with Crippen LogP contribution in [0.4, 0.5) is 5.69 Å². The highest BCUT2D eigenvalue weighted by Crippen LogP contribution is 2.31. The summed E-state index contributed by atoms with van der Waals surface area (Å²) in [6.45, 7) is 3.21. The lowest BCUT2D eigenvalue weighted by molar-refractivity contribution is 0.0664. The van der Waals surface area contributed by atoms with Crippen LogP contribution in [0, 0.1) is 0 Å². The van der Waals surface area contributed by atoms with Crippen LogP contribution in [0.25, 0.3) is 12.2 Å². The van der Waals surface area contributed by atoms with Gasteiger partial charge in [-0.3, -0.25) is 9.80 Å². The molecule has 2 aliphatic heterocycles. The number of nitrogens with zero attached hydrogens (tertiary/aromatic N) is 4. The summed E-state index contributed by atoms with van der Waals surface area (Å²) in [5.41, 5.74) is 4.17. The maximum Gasteiger partial charge on any atom is 0.253 e. The van der Waals surface area contributed by atoms with E-state index in [1.165, 1.54) is 14.2 Å². The van der Waals surface area contributed by atoms with Crippen molar-refractivity contribution in [3.63, 3.8) is 0 Å². The van der Waals surface area contributed by atoms with Crippen LogP contribution >= 0.6 is 0 Å². The van der Waals surface area contributed by atoms with E-state index in [0.717, 1.165) is 48.7 Å². The van der Waals surface area contributed by atoms with E-state index in [4.69, 9.17) is 14.6 Å². The maximum absolute atomic E-state index is 13.1. The molecule has 5 rings (SSSR count). The van der Waals surface area contributed by atoms with Crippen molar-refractivity contribution in [2.45, 2.75) is 12.5 Å². The van der Waals surface area contributed by atoms with E-state index in [0.29, 0.717) is 23.5 Å². The highest BCUT2D eigenvalue weighted by atomic mass is 16.5. The Labute approximate surface area is 246 Å². The molecule has 1 unspecified atom stereocenters. The van der Waals surface area contributed by atoms with Gasteiger partial charge in [0.05, 0.1) is 31.7 Å². The van der Waals surface area contributed by atoms with Gasteiger partial charge < -0.3 is 29.5 Å². The van der Waals surface area contributed by atoms with E-state index in [1.54, 1.807) is 24.3 Å². The molecule has 0 radical (unpaired) electrons. The number of anilines is 1. The van der Waals surface area contributed by atoms with Crippen molar-refractivity contribution in [2.24, 2.45) is 5.10 Å². The minimum atomic E-state index is -0.0852. The second-order valence-corrected chi connectivity index (χ2v) is 10.4. The zero-order chi connectivity index (χ0) is 29.6. The number of benzene rings is 3. The number of rotatable bonds is 8. The Morgan fingerprint density at radius 3 is 2.02 bits per heavy atom. The van der Waals surface area contributed by atoms with Gasteiger partial charge in [0.1, 0.15) is 0 Å². The van der Waals surface area contributed by atoms with Crippen LogP contribution < -0.4 is 14.5 Å². The average molecular weight is 569 g/mol. The number of allylic oxidation sites excluding steroid dienone is 1. The van der Waals surface area contributed by atoms with Gasteiger partial charge >= 0.3 is 0 Å². The Morgan fingerprint density at radius 1 is 0.833 bits per heavy atom. The molecule has 1 amide bonds. The first-order chi connectivity index (χ1) is 20.3. The third kappa shape index (κ3) is 6.58. The van der Waals surface area contributed by atoms with Gasteiger partial charge in [-0.1, -0.05) is 30.4 Å². The predicted molar refractivity (Wildman–Crippen MR) is 166 cm³/mol. The number of likely N-dealkylation sites (N-methyl/N-ethyl adjacent to an activating group) is 1. The van der Waals surface area contributed by atoms with Gasteiger partial charge in [-0.2, -0.15) is 5.10 Å². The summed E-state index contributed by atoms with van der Waals surface area (Å²) in [4.78, 5) is 17.2. The van der Waals surface area contributed by atoms with Crippen molar-refractivity contribution in [1.29, 1.82) is 0 Å². The van der Waals surface area contributed by atoms with E-state index >= 15 is 0 Å². The summed E-state index contributed by atoms with van der Waals surface area (Å²) < 4.78 is 10.5. The molecule has 2 heterocycles. The van der Waals surface area contributed by atoms with Gasteiger partial charge in [-0.25, -0.2) is 0 Å². The number of ether oxygens (including phenoxy) is 2. The third-order valence-electron chi connectivity index (χ3n) is 7.52. The van der Waals surface area contributed by atoms with Crippen molar-refractivity contribution in [3.05, 3.63) is 89.5 Å². The van der Waals surface area contributed by atoms with Gasteiger partial charge in [0.25, 0.3) is 5.91 Å². The molecule has 218 valence electrons. The summed E-state index contributed by atoms with van der Waals surface area (Å²) >= 11 is 0. The number of amides is 1. The maximum atomic E-state index is 13.1. The fourth-order valence-corrected chi connectivity index (χ4v) is 5.01. The topological polar surface area (TPSA) is 98.1 Å². The van der Waals surface area contributed by atoms with E-state index in [2.05, 4.69) is 18.0 Å².